The highest BCUT2D eigenvalue weighted by Gasteiger charge is 2.13. The summed E-state index contributed by atoms with van der Waals surface area (Å²) in [5.41, 5.74) is 3.30. The molecule has 1 atom stereocenters. The van der Waals surface area contributed by atoms with Crippen LogP contribution in [0.3, 0.4) is 0 Å². The second-order valence-electron chi connectivity index (χ2n) is 5.01. The van der Waals surface area contributed by atoms with Crippen molar-refractivity contribution in [3.63, 3.8) is 0 Å². The van der Waals surface area contributed by atoms with Crippen LogP contribution in [0, 0.1) is 0 Å². The summed E-state index contributed by atoms with van der Waals surface area (Å²) in [5.74, 6) is 0.996. The minimum Gasteiger partial charge on any atom is -0.493 e. The Kier molecular flexibility index (Phi) is 3.90. The predicted octanol–water partition coefficient (Wildman–Crippen LogP) is 3.34. The van der Waals surface area contributed by atoms with Crippen LogP contribution in [-0.2, 0) is 12.8 Å². The highest BCUT2D eigenvalue weighted by Crippen LogP contribution is 2.27. The molecule has 1 unspecified atom stereocenters. The number of hydrogen-bond acceptors (Lipinski definition) is 3. The molecule has 3 rings (SSSR count). The summed E-state index contributed by atoms with van der Waals surface area (Å²) in [4.78, 5) is 3.99. The number of fused-ring (bicyclic) bond motifs is 1. The van der Waals surface area contributed by atoms with Crippen LogP contribution < -0.4 is 4.74 Å². The zero-order valence-corrected chi connectivity index (χ0v) is 11.8. The number of pyridine rings is 1. The maximum Gasteiger partial charge on any atom is 0.129 e. The molecule has 1 aliphatic heterocycles. The summed E-state index contributed by atoms with van der Waals surface area (Å²) in [5, 5.41) is 10.6. The van der Waals surface area contributed by atoms with Crippen molar-refractivity contribution in [1.82, 2.24) is 4.98 Å². The van der Waals surface area contributed by atoms with E-state index in [2.05, 4.69) is 17.1 Å². The Bertz CT molecular complexity index is 598. The summed E-state index contributed by atoms with van der Waals surface area (Å²) < 4.78 is 5.49. The number of benzene rings is 1. The van der Waals surface area contributed by atoms with Crippen molar-refractivity contribution in [2.45, 2.75) is 25.4 Å². The van der Waals surface area contributed by atoms with Crippen LogP contribution in [0.1, 0.15) is 29.2 Å². The normalized spacial score (nSPS) is 14.7. The van der Waals surface area contributed by atoms with Crippen molar-refractivity contribution >= 4 is 11.6 Å². The first-order valence-electron chi connectivity index (χ1n) is 6.76. The van der Waals surface area contributed by atoms with Gasteiger partial charge >= 0.3 is 0 Å². The number of ether oxygens (including phenoxy) is 1. The number of halogens is 1. The summed E-state index contributed by atoms with van der Waals surface area (Å²) in [6, 6.07) is 9.78. The van der Waals surface area contributed by atoms with Crippen molar-refractivity contribution in [1.29, 1.82) is 0 Å². The molecule has 1 aromatic carbocycles. The summed E-state index contributed by atoms with van der Waals surface area (Å²) in [6.07, 6.45) is 3.60. The number of nitrogens with zero attached hydrogens (tertiary/aromatic N) is 1. The van der Waals surface area contributed by atoms with E-state index < -0.39 is 6.10 Å². The van der Waals surface area contributed by atoms with E-state index >= 15 is 0 Å². The van der Waals surface area contributed by atoms with Gasteiger partial charge in [-0.1, -0.05) is 29.8 Å². The van der Waals surface area contributed by atoms with E-state index in [1.54, 1.807) is 12.3 Å². The molecule has 4 heteroatoms. The lowest BCUT2D eigenvalue weighted by atomic mass is 10.0. The zero-order chi connectivity index (χ0) is 13.9. The van der Waals surface area contributed by atoms with Gasteiger partial charge in [0.25, 0.3) is 0 Å². The maximum absolute atomic E-state index is 10.2. The molecule has 0 bridgehead atoms. The van der Waals surface area contributed by atoms with Gasteiger partial charge in [0.05, 0.1) is 12.7 Å². The molecule has 1 aliphatic rings. The van der Waals surface area contributed by atoms with Gasteiger partial charge < -0.3 is 9.84 Å². The third-order valence-electron chi connectivity index (χ3n) is 3.60. The van der Waals surface area contributed by atoms with Crippen molar-refractivity contribution < 1.29 is 9.84 Å². The number of hydrogen-bond donors (Lipinski definition) is 1. The molecule has 1 aromatic heterocycles. The molecule has 0 fully saturated rings. The molecule has 0 saturated heterocycles. The van der Waals surface area contributed by atoms with E-state index in [-0.39, 0.29) is 0 Å². The second-order valence-corrected chi connectivity index (χ2v) is 5.40. The van der Waals surface area contributed by atoms with Crippen LogP contribution >= 0.6 is 11.6 Å². The highest BCUT2D eigenvalue weighted by atomic mass is 35.5. The number of aromatic nitrogens is 1. The van der Waals surface area contributed by atoms with Crippen LogP contribution in [0.4, 0.5) is 0 Å². The smallest absolute Gasteiger partial charge is 0.129 e. The first kappa shape index (κ1) is 13.4. The van der Waals surface area contributed by atoms with Crippen molar-refractivity contribution in [3.05, 3.63) is 58.4 Å². The predicted molar refractivity (Wildman–Crippen MR) is 78.2 cm³/mol. The average molecular weight is 290 g/mol. The third kappa shape index (κ3) is 2.94. The summed E-state index contributed by atoms with van der Waals surface area (Å²) >= 11 is 5.74. The van der Waals surface area contributed by atoms with E-state index in [0.717, 1.165) is 30.8 Å². The lowest BCUT2D eigenvalue weighted by molar-refractivity contribution is 0.167. The minimum absolute atomic E-state index is 0.444. The average Bonchev–Trinajstić information content (AvgIpc) is 2.93. The standard InChI is InChI=1S/C16H16ClNO2/c17-16-6-3-13(10-18-16)14(19)4-1-11-2-5-15-12(9-11)7-8-20-15/h2-3,5-6,9-10,14,19H,1,4,7-8H2. The third-order valence-corrected chi connectivity index (χ3v) is 3.82. The molecule has 0 aliphatic carbocycles. The van der Waals surface area contributed by atoms with Crippen LogP contribution in [0.25, 0.3) is 0 Å². The first-order valence-corrected chi connectivity index (χ1v) is 7.14. The van der Waals surface area contributed by atoms with Crippen LogP contribution in [-0.4, -0.2) is 16.7 Å². The van der Waals surface area contributed by atoms with Crippen LogP contribution in [0.2, 0.25) is 5.15 Å². The SMILES string of the molecule is OC(CCc1ccc2c(c1)CCO2)c1ccc(Cl)nc1. The van der Waals surface area contributed by atoms with E-state index in [9.17, 15) is 5.11 Å². The zero-order valence-electron chi connectivity index (χ0n) is 11.1. The Balaban J connectivity index is 1.63. The number of rotatable bonds is 4. The molecule has 0 spiro atoms. The van der Waals surface area contributed by atoms with Gasteiger partial charge in [0, 0.05) is 12.6 Å². The van der Waals surface area contributed by atoms with Crippen molar-refractivity contribution in [3.8, 4) is 5.75 Å². The Hall–Kier alpha value is -1.58. The molecule has 0 saturated carbocycles. The van der Waals surface area contributed by atoms with Crippen LogP contribution in [0.15, 0.2) is 36.5 Å². The Morgan fingerprint density at radius 1 is 1.30 bits per heavy atom. The number of aryl methyl sites for hydroxylation is 1. The Morgan fingerprint density at radius 3 is 3.00 bits per heavy atom. The van der Waals surface area contributed by atoms with Gasteiger partial charge in [-0.3, -0.25) is 0 Å². The largest absolute Gasteiger partial charge is 0.493 e. The Labute approximate surface area is 123 Å². The van der Waals surface area contributed by atoms with Crippen molar-refractivity contribution in [2.24, 2.45) is 0 Å². The molecule has 2 heterocycles. The van der Waals surface area contributed by atoms with E-state index in [0.29, 0.717) is 11.6 Å². The maximum atomic E-state index is 10.2. The molecule has 2 aromatic rings. The van der Waals surface area contributed by atoms with Gasteiger partial charge in [-0.15, -0.1) is 0 Å². The van der Waals surface area contributed by atoms with Gasteiger partial charge in [-0.2, -0.15) is 0 Å². The molecule has 3 nitrogen and oxygen atoms in total. The van der Waals surface area contributed by atoms with E-state index in [1.165, 1.54) is 11.1 Å². The fraction of sp³-hybridized carbons (Fsp3) is 0.312. The fourth-order valence-electron chi connectivity index (χ4n) is 2.45. The monoisotopic (exact) mass is 289 g/mol. The van der Waals surface area contributed by atoms with E-state index in [1.807, 2.05) is 12.1 Å². The van der Waals surface area contributed by atoms with E-state index in [4.69, 9.17) is 16.3 Å². The first-order chi connectivity index (χ1) is 9.72. The summed E-state index contributed by atoms with van der Waals surface area (Å²) in [6.45, 7) is 0.776. The Morgan fingerprint density at radius 2 is 2.20 bits per heavy atom. The molecular formula is C16H16ClNO2. The summed E-state index contributed by atoms with van der Waals surface area (Å²) in [7, 11) is 0. The van der Waals surface area contributed by atoms with Gasteiger partial charge in [0.2, 0.25) is 0 Å². The number of aliphatic hydroxyl groups excluding tert-OH is 1. The molecule has 0 radical (unpaired) electrons. The topological polar surface area (TPSA) is 42.4 Å². The second kappa shape index (κ2) is 5.81. The molecule has 104 valence electrons. The van der Waals surface area contributed by atoms with Gasteiger partial charge in [-0.25, -0.2) is 4.98 Å². The number of aliphatic hydroxyl groups is 1. The lowest BCUT2D eigenvalue weighted by Crippen LogP contribution is -2.00. The molecule has 20 heavy (non-hydrogen) atoms. The lowest BCUT2D eigenvalue weighted by Gasteiger charge is -2.11. The van der Waals surface area contributed by atoms with Gasteiger partial charge in [0.1, 0.15) is 10.9 Å². The molecular weight excluding hydrogens is 274 g/mol. The quantitative estimate of drug-likeness (QED) is 0.878. The van der Waals surface area contributed by atoms with Gasteiger partial charge in [-0.05, 0) is 41.7 Å². The van der Waals surface area contributed by atoms with Crippen LogP contribution in [0.5, 0.6) is 5.75 Å². The molecule has 1 N–H and O–H groups in total. The fourth-order valence-corrected chi connectivity index (χ4v) is 2.56. The van der Waals surface area contributed by atoms with Crippen molar-refractivity contribution in [2.75, 3.05) is 6.61 Å². The highest BCUT2D eigenvalue weighted by molar-refractivity contribution is 6.29. The molecule has 0 amide bonds. The van der Waals surface area contributed by atoms with Gasteiger partial charge in [0.15, 0.2) is 0 Å². The minimum atomic E-state index is -0.510.